The van der Waals surface area contributed by atoms with Crippen LogP contribution < -0.4 is 0 Å². The molecule has 5 heteroatoms. The van der Waals surface area contributed by atoms with Crippen molar-refractivity contribution in [1.29, 1.82) is 0 Å². The number of likely N-dealkylation sites (N-methyl/N-ethyl adjacent to an activating group) is 1. The van der Waals surface area contributed by atoms with E-state index >= 15 is 0 Å². The Balaban J connectivity index is 1.98. The minimum atomic E-state index is -0.0125. The van der Waals surface area contributed by atoms with Gasteiger partial charge >= 0.3 is 0 Å². The zero-order valence-corrected chi connectivity index (χ0v) is 13.0. The van der Waals surface area contributed by atoms with E-state index in [1.807, 2.05) is 0 Å². The molecule has 0 aromatic heterocycles. The second kappa shape index (κ2) is 6.83. The van der Waals surface area contributed by atoms with Crippen LogP contribution in [-0.4, -0.2) is 23.0 Å². The summed E-state index contributed by atoms with van der Waals surface area (Å²) >= 11 is 11.8. The summed E-state index contributed by atoms with van der Waals surface area (Å²) < 4.78 is 0. The summed E-state index contributed by atoms with van der Waals surface area (Å²) in [7, 11) is 1.74. The molecule has 2 aromatic carbocycles. The van der Waals surface area contributed by atoms with E-state index in [0.29, 0.717) is 16.6 Å². The summed E-state index contributed by atoms with van der Waals surface area (Å²) in [6.45, 7) is 0.487. The molecular weight excluding hydrogens is 309 g/mol. The maximum Gasteiger partial charge on any atom is 0.227 e. The first-order valence-corrected chi connectivity index (χ1v) is 7.17. The number of benzene rings is 2. The predicted molar refractivity (Wildman–Crippen MR) is 84.7 cm³/mol. The van der Waals surface area contributed by atoms with Crippen LogP contribution in [-0.2, 0) is 17.8 Å². The Morgan fingerprint density at radius 1 is 1.05 bits per heavy atom. The molecule has 0 heterocycles. The van der Waals surface area contributed by atoms with Crippen LogP contribution in [0, 0.1) is 0 Å². The number of carbonyl (C=O) groups is 1. The average Bonchev–Trinajstić information content (AvgIpc) is 2.45. The lowest BCUT2D eigenvalue weighted by atomic mass is 10.1. The Morgan fingerprint density at radius 3 is 2.29 bits per heavy atom. The fraction of sp³-hybridized carbons (Fsp3) is 0.188. The highest BCUT2D eigenvalue weighted by molar-refractivity contribution is 6.42. The van der Waals surface area contributed by atoms with Crippen molar-refractivity contribution in [3.8, 4) is 5.75 Å². The van der Waals surface area contributed by atoms with E-state index in [1.54, 1.807) is 54.4 Å². The lowest BCUT2D eigenvalue weighted by molar-refractivity contribution is -0.129. The fourth-order valence-corrected chi connectivity index (χ4v) is 2.24. The van der Waals surface area contributed by atoms with E-state index in [9.17, 15) is 9.90 Å². The topological polar surface area (TPSA) is 40.5 Å². The fourth-order valence-electron chi connectivity index (χ4n) is 1.92. The Morgan fingerprint density at radius 2 is 1.67 bits per heavy atom. The summed E-state index contributed by atoms with van der Waals surface area (Å²) in [6.07, 6.45) is 0.269. The first-order chi connectivity index (χ1) is 9.95. The van der Waals surface area contributed by atoms with Crippen molar-refractivity contribution in [1.82, 2.24) is 4.90 Å². The first-order valence-electron chi connectivity index (χ1n) is 6.41. The van der Waals surface area contributed by atoms with E-state index in [0.717, 1.165) is 11.1 Å². The minimum Gasteiger partial charge on any atom is -0.508 e. The van der Waals surface area contributed by atoms with Gasteiger partial charge in [-0.3, -0.25) is 4.79 Å². The Labute approximate surface area is 133 Å². The minimum absolute atomic E-state index is 0.0125. The van der Waals surface area contributed by atoms with Gasteiger partial charge in [-0.05, 0) is 35.4 Å². The van der Waals surface area contributed by atoms with E-state index in [2.05, 4.69) is 0 Å². The van der Waals surface area contributed by atoms with Gasteiger partial charge in [0.05, 0.1) is 16.5 Å². The number of hydrogen-bond acceptors (Lipinski definition) is 2. The van der Waals surface area contributed by atoms with Crippen molar-refractivity contribution in [3.05, 3.63) is 63.6 Å². The summed E-state index contributed by atoms with van der Waals surface area (Å²) in [5.41, 5.74) is 1.78. The molecule has 2 rings (SSSR count). The number of aromatic hydroxyl groups is 1. The average molecular weight is 324 g/mol. The summed E-state index contributed by atoms with van der Waals surface area (Å²) in [5.74, 6) is 0.199. The van der Waals surface area contributed by atoms with E-state index in [1.165, 1.54) is 0 Å². The van der Waals surface area contributed by atoms with Gasteiger partial charge in [0, 0.05) is 13.6 Å². The zero-order valence-electron chi connectivity index (χ0n) is 11.5. The Hall–Kier alpha value is -1.71. The van der Waals surface area contributed by atoms with Gasteiger partial charge in [-0.1, -0.05) is 41.4 Å². The third-order valence-electron chi connectivity index (χ3n) is 3.12. The quantitative estimate of drug-likeness (QED) is 0.926. The van der Waals surface area contributed by atoms with Crippen molar-refractivity contribution in [2.75, 3.05) is 7.05 Å². The molecule has 0 fully saturated rings. The number of rotatable bonds is 4. The van der Waals surface area contributed by atoms with E-state index in [4.69, 9.17) is 23.2 Å². The van der Waals surface area contributed by atoms with Crippen LogP contribution in [0.15, 0.2) is 42.5 Å². The second-order valence-electron chi connectivity index (χ2n) is 4.84. The molecule has 110 valence electrons. The number of phenolic OH excluding ortho intramolecular Hbond substituents is 1. The van der Waals surface area contributed by atoms with Crippen molar-refractivity contribution >= 4 is 29.1 Å². The first kappa shape index (κ1) is 15.7. The molecule has 0 bridgehead atoms. The highest BCUT2D eigenvalue weighted by Crippen LogP contribution is 2.23. The lowest BCUT2D eigenvalue weighted by Crippen LogP contribution is -2.27. The van der Waals surface area contributed by atoms with Crippen LogP contribution in [0.4, 0.5) is 0 Å². The Kier molecular flexibility index (Phi) is 5.10. The lowest BCUT2D eigenvalue weighted by Gasteiger charge is -2.17. The third-order valence-corrected chi connectivity index (χ3v) is 3.86. The molecule has 0 spiro atoms. The number of phenols is 1. The molecule has 1 amide bonds. The molecule has 0 unspecified atom stereocenters. The summed E-state index contributed by atoms with van der Waals surface area (Å²) in [5, 5.41) is 10.2. The molecule has 0 saturated carbocycles. The van der Waals surface area contributed by atoms with Crippen molar-refractivity contribution in [3.63, 3.8) is 0 Å². The monoisotopic (exact) mass is 323 g/mol. The van der Waals surface area contributed by atoms with Crippen molar-refractivity contribution in [2.45, 2.75) is 13.0 Å². The summed E-state index contributed by atoms with van der Waals surface area (Å²) in [6, 6.07) is 12.0. The highest BCUT2D eigenvalue weighted by Gasteiger charge is 2.11. The maximum atomic E-state index is 12.2. The van der Waals surface area contributed by atoms with Crippen LogP contribution in [0.2, 0.25) is 10.0 Å². The third kappa shape index (κ3) is 4.38. The number of hydrogen-bond donors (Lipinski definition) is 1. The molecule has 0 radical (unpaired) electrons. The van der Waals surface area contributed by atoms with Gasteiger partial charge in [0.25, 0.3) is 0 Å². The molecule has 21 heavy (non-hydrogen) atoms. The predicted octanol–water partition coefficient (Wildman–Crippen LogP) is 3.90. The van der Waals surface area contributed by atoms with Crippen LogP contribution in [0.3, 0.4) is 0 Å². The summed E-state index contributed by atoms with van der Waals surface area (Å²) in [4.78, 5) is 13.8. The molecule has 3 nitrogen and oxygen atoms in total. The van der Waals surface area contributed by atoms with Crippen LogP contribution in [0.1, 0.15) is 11.1 Å². The van der Waals surface area contributed by atoms with Crippen molar-refractivity contribution in [2.24, 2.45) is 0 Å². The maximum absolute atomic E-state index is 12.2. The van der Waals surface area contributed by atoms with Gasteiger partial charge in [-0.2, -0.15) is 0 Å². The molecule has 0 aliphatic carbocycles. The normalized spacial score (nSPS) is 10.4. The van der Waals surface area contributed by atoms with Crippen LogP contribution in [0.5, 0.6) is 5.75 Å². The zero-order chi connectivity index (χ0) is 15.4. The van der Waals surface area contributed by atoms with Crippen LogP contribution in [0.25, 0.3) is 0 Å². The molecule has 0 aliphatic rings. The van der Waals surface area contributed by atoms with Gasteiger partial charge in [0.15, 0.2) is 0 Å². The molecule has 2 aromatic rings. The molecular formula is C16H15Cl2NO2. The van der Waals surface area contributed by atoms with Gasteiger partial charge in [0.1, 0.15) is 5.75 Å². The molecule has 0 saturated heterocycles. The highest BCUT2D eigenvalue weighted by atomic mass is 35.5. The largest absolute Gasteiger partial charge is 0.508 e. The number of amides is 1. The van der Waals surface area contributed by atoms with E-state index in [-0.39, 0.29) is 18.1 Å². The van der Waals surface area contributed by atoms with E-state index < -0.39 is 0 Å². The number of nitrogens with zero attached hydrogens (tertiary/aromatic N) is 1. The van der Waals surface area contributed by atoms with Gasteiger partial charge in [-0.25, -0.2) is 0 Å². The molecule has 0 atom stereocenters. The standard InChI is InChI=1S/C16H15Cl2NO2/c1-19(10-11-2-5-13(20)6-3-11)16(21)9-12-4-7-14(17)15(18)8-12/h2-8,20H,9-10H2,1H3. The van der Waals surface area contributed by atoms with Gasteiger partial charge < -0.3 is 10.0 Å². The molecule has 1 N–H and O–H groups in total. The van der Waals surface area contributed by atoms with Crippen LogP contribution >= 0.6 is 23.2 Å². The number of carbonyl (C=O) groups excluding carboxylic acids is 1. The van der Waals surface area contributed by atoms with Gasteiger partial charge in [-0.15, -0.1) is 0 Å². The smallest absolute Gasteiger partial charge is 0.227 e. The SMILES string of the molecule is CN(Cc1ccc(O)cc1)C(=O)Cc1ccc(Cl)c(Cl)c1. The molecule has 0 aliphatic heterocycles. The number of halogens is 2. The second-order valence-corrected chi connectivity index (χ2v) is 5.66. The Bertz CT molecular complexity index is 641. The van der Waals surface area contributed by atoms with Crippen molar-refractivity contribution < 1.29 is 9.90 Å². The van der Waals surface area contributed by atoms with Gasteiger partial charge in [0.2, 0.25) is 5.91 Å².